The molecule has 0 aromatic heterocycles. The molecule has 0 unspecified atom stereocenters. The molecule has 0 atom stereocenters. The van der Waals surface area contributed by atoms with Crippen molar-refractivity contribution in [3.63, 3.8) is 0 Å². The fraction of sp³-hybridized carbons (Fsp3) is 0.316. The summed E-state index contributed by atoms with van der Waals surface area (Å²) in [5.41, 5.74) is 1.02. The molecular formula is C19H27IN4O3S. The third-order valence-corrected chi connectivity index (χ3v) is 5.14. The summed E-state index contributed by atoms with van der Waals surface area (Å²) in [4.78, 5) is 4.77. The number of nitrogens with one attached hydrogen (secondary N) is 3. The van der Waals surface area contributed by atoms with Gasteiger partial charge in [-0.15, -0.1) is 24.0 Å². The lowest BCUT2D eigenvalue weighted by atomic mass is 10.2. The maximum Gasteiger partial charge on any atom is 0.240 e. The van der Waals surface area contributed by atoms with Crippen LogP contribution in [0.2, 0.25) is 0 Å². The van der Waals surface area contributed by atoms with Gasteiger partial charge in [0.25, 0.3) is 0 Å². The molecule has 28 heavy (non-hydrogen) atoms. The standard InChI is InChI=1S/C19H26N4O3S.HI/c1-3-20-19(22-15-16-8-7-9-17(14-16)26-2)21-12-13-23-27(24,25)18-10-5-4-6-11-18;/h4-11,14,23H,3,12-13,15H2,1-2H3,(H2,20,21,22);1H. The van der Waals surface area contributed by atoms with E-state index in [1.807, 2.05) is 31.2 Å². The molecule has 0 amide bonds. The number of ether oxygens (including phenoxy) is 1. The number of aliphatic imine (C=N–C) groups is 1. The van der Waals surface area contributed by atoms with Crippen LogP contribution in [0.15, 0.2) is 64.5 Å². The van der Waals surface area contributed by atoms with Crippen LogP contribution in [0.4, 0.5) is 0 Å². The maximum atomic E-state index is 12.2. The van der Waals surface area contributed by atoms with E-state index in [4.69, 9.17) is 4.74 Å². The van der Waals surface area contributed by atoms with E-state index in [0.29, 0.717) is 25.6 Å². The van der Waals surface area contributed by atoms with Crippen LogP contribution in [-0.4, -0.2) is 41.1 Å². The van der Waals surface area contributed by atoms with E-state index in [9.17, 15) is 8.42 Å². The molecule has 0 aliphatic heterocycles. The zero-order valence-corrected chi connectivity index (χ0v) is 19.2. The van der Waals surface area contributed by atoms with Gasteiger partial charge in [-0.2, -0.15) is 0 Å². The number of halogens is 1. The van der Waals surface area contributed by atoms with Crippen molar-refractivity contribution in [1.29, 1.82) is 0 Å². The lowest BCUT2D eigenvalue weighted by molar-refractivity contribution is 0.414. The molecule has 0 aliphatic rings. The third kappa shape index (κ3) is 8.03. The van der Waals surface area contributed by atoms with Crippen LogP contribution < -0.4 is 20.1 Å². The molecule has 9 heteroatoms. The second-order valence-corrected chi connectivity index (χ2v) is 7.45. The Kier molecular flexibility index (Phi) is 10.9. The number of methoxy groups -OCH3 is 1. The third-order valence-electron chi connectivity index (χ3n) is 3.66. The molecule has 2 aromatic carbocycles. The molecule has 0 fully saturated rings. The molecule has 2 rings (SSSR count). The summed E-state index contributed by atoms with van der Waals surface area (Å²) in [6, 6.07) is 16.0. The summed E-state index contributed by atoms with van der Waals surface area (Å²) >= 11 is 0. The topological polar surface area (TPSA) is 91.8 Å². The number of hydrogen-bond acceptors (Lipinski definition) is 4. The fourth-order valence-corrected chi connectivity index (χ4v) is 3.39. The van der Waals surface area contributed by atoms with Crippen molar-refractivity contribution >= 4 is 40.0 Å². The van der Waals surface area contributed by atoms with Crippen molar-refractivity contribution in [3.05, 3.63) is 60.2 Å². The average Bonchev–Trinajstić information content (AvgIpc) is 2.70. The Balaban J connectivity index is 0.00000392. The first-order valence-electron chi connectivity index (χ1n) is 8.75. The Hall–Kier alpha value is -1.85. The molecule has 2 aromatic rings. The number of nitrogens with zero attached hydrogens (tertiary/aromatic N) is 1. The molecule has 0 saturated carbocycles. The predicted molar refractivity (Wildman–Crippen MR) is 123 cm³/mol. The van der Waals surface area contributed by atoms with E-state index >= 15 is 0 Å². The van der Waals surface area contributed by atoms with Crippen molar-refractivity contribution in [3.8, 4) is 5.75 Å². The van der Waals surface area contributed by atoms with Gasteiger partial charge in [0.15, 0.2) is 5.96 Å². The van der Waals surface area contributed by atoms with Crippen LogP contribution in [0, 0.1) is 0 Å². The Bertz CT molecular complexity index is 845. The van der Waals surface area contributed by atoms with Gasteiger partial charge >= 0.3 is 0 Å². The molecule has 0 spiro atoms. The van der Waals surface area contributed by atoms with Gasteiger partial charge in [-0.1, -0.05) is 30.3 Å². The molecule has 0 aliphatic carbocycles. The van der Waals surface area contributed by atoms with Gasteiger partial charge in [-0.3, -0.25) is 0 Å². The lowest BCUT2D eigenvalue weighted by Gasteiger charge is -2.12. The Morgan fingerprint density at radius 3 is 2.46 bits per heavy atom. The summed E-state index contributed by atoms with van der Waals surface area (Å²) in [5, 5.41) is 6.27. The van der Waals surface area contributed by atoms with Gasteiger partial charge in [0, 0.05) is 19.6 Å². The van der Waals surface area contributed by atoms with Crippen LogP contribution >= 0.6 is 24.0 Å². The minimum Gasteiger partial charge on any atom is -0.497 e. The highest BCUT2D eigenvalue weighted by Gasteiger charge is 2.12. The highest BCUT2D eigenvalue weighted by Crippen LogP contribution is 2.13. The van der Waals surface area contributed by atoms with Gasteiger partial charge in [0.2, 0.25) is 10.0 Å². The molecule has 154 valence electrons. The maximum absolute atomic E-state index is 12.2. The second kappa shape index (κ2) is 12.6. The van der Waals surface area contributed by atoms with E-state index in [2.05, 4.69) is 20.3 Å². The Morgan fingerprint density at radius 2 is 1.79 bits per heavy atom. The van der Waals surface area contributed by atoms with Crippen molar-refractivity contribution < 1.29 is 13.2 Å². The first kappa shape index (κ1) is 24.2. The summed E-state index contributed by atoms with van der Waals surface area (Å²) in [6.45, 7) is 3.83. The van der Waals surface area contributed by atoms with Gasteiger partial charge in [0.05, 0.1) is 18.6 Å². The number of hydrogen-bond donors (Lipinski definition) is 3. The van der Waals surface area contributed by atoms with E-state index in [1.54, 1.807) is 37.4 Å². The zero-order chi connectivity index (χ0) is 19.5. The number of guanidine groups is 1. The van der Waals surface area contributed by atoms with Gasteiger partial charge in [0.1, 0.15) is 5.75 Å². The minimum absolute atomic E-state index is 0. The average molecular weight is 518 g/mol. The number of rotatable bonds is 9. The van der Waals surface area contributed by atoms with Crippen LogP contribution in [0.3, 0.4) is 0 Å². The molecular weight excluding hydrogens is 491 g/mol. The van der Waals surface area contributed by atoms with Crippen LogP contribution in [0.5, 0.6) is 5.75 Å². The number of sulfonamides is 1. The van der Waals surface area contributed by atoms with E-state index in [1.165, 1.54) is 0 Å². The molecule has 0 saturated heterocycles. The largest absolute Gasteiger partial charge is 0.497 e. The van der Waals surface area contributed by atoms with Crippen LogP contribution in [0.1, 0.15) is 12.5 Å². The Labute approximate surface area is 184 Å². The zero-order valence-electron chi connectivity index (χ0n) is 16.0. The first-order valence-corrected chi connectivity index (χ1v) is 10.2. The van der Waals surface area contributed by atoms with Gasteiger partial charge < -0.3 is 15.4 Å². The molecule has 7 nitrogen and oxygen atoms in total. The van der Waals surface area contributed by atoms with Crippen molar-refractivity contribution in [2.45, 2.75) is 18.4 Å². The molecule has 0 bridgehead atoms. The highest BCUT2D eigenvalue weighted by atomic mass is 127. The van der Waals surface area contributed by atoms with Crippen molar-refractivity contribution in [1.82, 2.24) is 15.4 Å². The minimum atomic E-state index is -3.50. The molecule has 0 radical (unpaired) electrons. The summed E-state index contributed by atoms with van der Waals surface area (Å²) < 4.78 is 32.1. The Morgan fingerprint density at radius 1 is 1.04 bits per heavy atom. The van der Waals surface area contributed by atoms with Crippen LogP contribution in [-0.2, 0) is 16.6 Å². The van der Waals surface area contributed by atoms with Crippen LogP contribution in [0.25, 0.3) is 0 Å². The molecule has 0 heterocycles. The van der Waals surface area contributed by atoms with Gasteiger partial charge in [-0.25, -0.2) is 18.1 Å². The summed E-state index contributed by atoms with van der Waals surface area (Å²) in [7, 11) is -1.87. The predicted octanol–water partition coefficient (Wildman–Crippen LogP) is 2.35. The fourth-order valence-electron chi connectivity index (χ4n) is 2.33. The monoisotopic (exact) mass is 518 g/mol. The van der Waals surface area contributed by atoms with E-state index in [-0.39, 0.29) is 35.4 Å². The van der Waals surface area contributed by atoms with E-state index in [0.717, 1.165) is 11.3 Å². The van der Waals surface area contributed by atoms with Gasteiger partial charge in [-0.05, 0) is 36.8 Å². The molecule has 3 N–H and O–H groups in total. The first-order chi connectivity index (χ1) is 13.0. The van der Waals surface area contributed by atoms with Crippen molar-refractivity contribution in [2.24, 2.45) is 4.99 Å². The summed E-state index contributed by atoms with van der Waals surface area (Å²) in [5.74, 6) is 1.41. The highest BCUT2D eigenvalue weighted by molar-refractivity contribution is 14.0. The number of benzene rings is 2. The normalized spacial score (nSPS) is 11.4. The summed E-state index contributed by atoms with van der Waals surface area (Å²) in [6.07, 6.45) is 0. The lowest BCUT2D eigenvalue weighted by Crippen LogP contribution is -2.41. The van der Waals surface area contributed by atoms with Crippen molar-refractivity contribution in [2.75, 3.05) is 26.7 Å². The SMILES string of the molecule is CCNC(=NCc1cccc(OC)c1)NCCNS(=O)(=O)c1ccccc1.I. The quantitative estimate of drug-likeness (QED) is 0.205. The van der Waals surface area contributed by atoms with E-state index < -0.39 is 10.0 Å². The smallest absolute Gasteiger partial charge is 0.240 e. The second-order valence-electron chi connectivity index (χ2n) is 5.68.